The van der Waals surface area contributed by atoms with Crippen molar-refractivity contribution >= 4 is 11.2 Å². The molecular formula is C5H11NOS. The molecule has 1 unspecified atom stereocenters. The Morgan fingerprint density at radius 2 is 2.50 bits per heavy atom. The highest BCUT2D eigenvalue weighted by atomic mass is 32.2. The average Bonchev–Trinajstić information content (AvgIpc) is 1.64. The van der Waals surface area contributed by atoms with Gasteiger partial charge in [-0.05, 0) is 6.92 Å². The molecule has 0 amide bonds. The molecule has 0 bridgehead atoms. The molecule has 0 aromatic heterocycles. The average molecular weight is 133 g/mol. The first-order valence-electron chi connectivity index (χ1n) is 2.87. The summed E-state index contributed by atoms with van der Waals surface area (Å²) in [5.74, 6) is 1.67. The lowest BCUT2D eigenvalue weighted by Gasteiger charge is -2.22. The van der Waals surface area contributed by atoms with E-state index in [1.165, 1.54) is 0 Å². The maximum absolute atomic E-state index is 10.7. The molecule has 0 radical (unpaired) electrons. The van der Waals surface area contributed by atoms with Gasteiger partial charge in [-0.2, -0.15) is 0 Å². The monoisotopic (exact) mass is 133 g/mol. The lowest BCUT2D eigenvalue weighted by Crippen LogP contribution is -2.42. The van der Waals surface area contributed by atoms with Gasteiger partial charge in [-0.25, -0.2) is 0 Å². The Bertz CT molecular complexity index is 70.8. The van der Waals surface area contributed by atoms with Crippen LogP contribution in [0.1, 0.15) is 6.92 Å². The van der Waals surface area contributed by atoms with Crippen molar-refractivity contribution in [3.05, 3.63) is 0 Å². The predicted molar refractivity (Wildman–Crippen MR) is 35.3 cm³/mol. The Morgan fingerprint density at radius 3 is 2.88 bits per heavy atom. The van der Waals surface area contributed by atoms with Gasteiger partial charge in [0.15, 0.2) is 0 Å². The van der Waals surface area contributed by atoms with Crippen LogP contribution in [0.4, 0.5) is 0 Å². The highest BCUT2D eigenvalue weighted by Gasteiger charge is 2.16. The number of hydrogen-bond acceptors (Lipinski definition) is 2. The van der Waals surface area contributed by atoms with Crippen LogP contribution >= 0.6 is 0 Å². The van der Waals surface area contributed by atoms with E-state index in [1.807, 2.05) is 0 Å². The van der Waals surface area contributed by atoms with Gasteiger partial charge < -0.3 is 9.87 Å². The summed E-state index contributed by atoms with van der Waals surface area (Å²) in [5, 5.41) is 3.22. The second kappa shape index (κ2) is 2.71. The zero-order valence-corrected chi connectivity index (χ0v) is 5.83. The predicted octanol–water partition coefficient (Wildman–Crippen LogP) is -0.273. The normalized spacial score (nSPS) is 39.8. The Hall–Kier alpha value is 0.270. The molecule has 1 rings (SSSR count). The highest BCUT2D eigenvalue weighted by Crippen LogP contribution is 1.98. The van der Waals surface area contributed by atoms with Crippen LogP contribution in [0.15, 0.2) is 0 Å². The maximum atomic E-state index is 10.7. The van der Waals surface area contributed by atoms with Crippen LogP contribution in [-0.4, -0.2) is 28.6 Å². The number of hydrogen-bond donors (Lipinski definition) is 1. The molecule has 1 N–H and O–H groups in total. The van der Waals surface area contributed by atoms with E-state index in [1.54, 1.807) is 0 Å². The van der Waals surface area contributed by atoms with E-state index >= 15 is 0 Å². The first kappa shape index (κ1) is 6.39. The molecule has 8 heavy (non-hydrogen) atoms. The second-order valence-corrected chi connectivity index (χ2v) is 3.79. The van der Waals surface area contributed by atoms with Gasteiger partial charge in [-0.3, -0.25) is 0 Å². The summed E-state index contributed by atoms with van der Waals surface area (Å²) in [6.07, 6.45) is 0. The van der Waals surface area contributed by atoms with Crippen molar-refractivity contribution in [1.82, 2.24) is 5.32 Å². The van der Waals surface area contributed by atoms with Crippen molar-refractivity contribution in [2.24, 2.45) is 0 Å². The quantitative estimate of drug-likeness (QED) is 0.461. The largest absolute Gasteiger partial charge is 0.616 e. The standard InChI is InChI=1S/C5H11NOS/c1-5-4-8(7)3-2-6-5/h5-6H,2-4H2,1H3/t5-,8?/m0/s1. The molecule has 0 aliphatic carbocycles. The summed E-state index contributed by atoms with van der Waals surface area (Å²) in [6, 6.07) is 0.463. The molecule has 1 saturated heterocycles. The van der Waals surface area contributed by atoms with Gasteiger partial charge in [0.1, 0.15) is 11.5 Å². The van der Waals surface area contributed by atoms with Crippen molar-refractivity contribution < 1.29 is 4.55 Å². The van der Waals surface area contributed by atoms with Gasteiger partial charge in [0.2, 0.25) is 0 Å². The number of rotatable bonds is 0. The topological polar surface area (TPSA) is 35.1 Å². The molecule has 1 aliphatic heterocycles. The van der Waals surface area contributed by atoms with Crippen molar-refractivity contribution in [2.45, 2.75) is 13.0 Å². The lowest BCUT2D eigenvalue weighted by atomic mass is 10.4. The molecule has 0 aromatic rings. The Morgan fingerprint density at radius 1 is 1.75 bits per heavy atom. The first-order chi connectivity index (χ1) is 3.79. The van der Waals surface area contributed by atoms with Crippen molar-refractivity contribution in [3.8, 4) is 0 Å². The molecule has 1 heterocycles. The Kier molecular flexibility index (Phi) is 2.16. The summed E-state index contributed by atoms with van der Waals surface area (Å²) < 4.78 is 10.7. The third kappa shape index (κ3) is 1.65. The smallest absolute Gasteiger partial charge is 0.120 e. The van der Waals surface area contributed by atoms with Gasteiger partial charge in [0.25, 0.3) is 0 Å². The zero-order valence-electron chi connectivity index (χ0n) is 5.02. The summed E-state index contributed by atoms with van der Waals surface area (Å²) in [6.45, 7) is 2.99. The highest BCUT2D eigenvalue weighted by molar-refractivity contribution is 7.91. The van der Waals surface area contributed by atoms with Crippen molar-refractivity contribution in [1.29, 1.82) is 0 Å². The first-order valence-corrected chi connectivity index (χ1v) is 4.36. The minimum absolute atomic E-state index is 0.463. The van der Waals surface area contributed by atoms with Crippen LogP contribution < -0.4 is 5.32 Å². The molecule has 0 saturated carbocycles. The third-order valence-electron chi connectivity index (χ3n) is 1.26. The summed E-state index contributed by atoms with van der Waals surface area (Å²) in [4.78, 5) is 0. The van der Waals surface area contributed by atoms with E-state index in [9.17, 15) is 4.55 Å². The van der Waals surface area contributed by atoms with Gasteiger partial charge >= 0.3 is 0 Å². The summed E-state index contributed by atoms with van der Waals surface area (Å²) >= 11 is -0.533. The summed E-state index contributed by atoms with van der Waals surface area (Å²) in [5.41, 5.74) is 0. The maximum Gasteiger partial charge on any atom is 0.120 e. The van der Waals surface area contributed by atoms with Crippen LogP contribution in [-0.2, 0) is 11.2 Å². The molecule has 1 aliphatic rings. The fraction of sp³-hybridized carbons (Fsp3) is 1.00. The molecule has 2 atom stereocenters. The van der Waals surface area contributed by atoms with Crippen LogP contribution in [0, 0.1) is 0 Å². The van der Waals surface area contributed by atoms with E-state index in [4.69, 9.17) is 0 Å². The van der Waals surface area contributed by atoms with Gasteiger partial charge in [-0.1, -0.05) is 11.2 Å². The molecule has 2 nitrogen and oxygen atoms in total. The van der Waals surface area contributed by atoms with Crippen LogP contribution in [0.25, 0.3) is 0 Å². The lowest BCUT2D eigenvalue weighted by molar-refractivity contribution is 0.538. The minimum Gasteiger partial charge on any atom is -0.616 e. The van der Waals surface area contributed by atoms with Gasteiger partial charge in [0.05, 0.1) is 0 Å². The molecule has 1 fully saturated rings. The SMILES string of the molecule is C[C@H]1C[S+]([O-])CCN1. The van der Waals surface area contributed by atoms with E-state index in [0.717, 1.165) is 18.1 Å². The Labute approximate surface area is 52.8 Å². The van der Waals surface area contributed by atoms with Crippen molar-refractivity contribution in [3.63, 3.8) is 0 Å². The van der Waals surface area contributed by atoms with Crippen LogP contribution in [0.5, 0.6) is 0 Å². The van der Waals surface area contributed by atoms with Crippen LogP contribution in [0.2, 0.25) is 0 Å². The fourth-order valence-corrected chi connectivity index (χ4v) is 2.03. The van der Waals surface area contributed by atoms with E-state index in [-0.39, 0.29) is 0 Å². The van der Waals surface area contributed by atoms with Crippen molar-refractivity contribution in [2.75, 3.05) is 18.1 Å². The molecule has 0 aromatic carbocycles. The van der Waals surface area contributed by atoms with Gasteiger partial charge in [0, 0.05) is 12.6 Å². The second-order valence-electron chi connectivity index (χ2n) is 2.17. The van der Waals surface area contributed by atoms with E-state index < -0.39 is 11.2 Å². The Balaban J connectivity index is 2.23. The molecular weight excluding hydrogens is 122 g/mol. The van der Waals surface area contributed by atoms with E-state index in [2.05, 4.69) is 12.2 Å². The summed E-state index contributed by atoms with van der Waals surface area (Å²) in [7, 11) is 0. The third-order valence-corrected chi connectivity index (χ3v) is 2.79. The molecule has 3 heteroatoms. The minimum atomic E-state index is -0.533. The number of nitrogens with one attached hydrogen (secondary N) is 1. The van der Waals surface area contributed by atoms with E-state index in [0.29, 0.717) is 6.04 Å². The zero-order chi connectivity index (χ0) is 5.98. The van der Waals surface area contributed by atoms with Crippen LogP contribution in [0.3, 0.4) is 0 Å². The molecule has 48 valence electrons. The van der Waals surface area contributed by atoms with Gasteiger partial charge in [-0.15, -0.1) is 0 Å². The molecule has 0 spiro atoms. The fourth-order valence-electron chi connectivity index (χ4n) is 0.840.